The van der Waals surface area contributed by atoms with E-state index in [1.54, 1.807) is 12.1 Å². The van der Waals surface area contributed by atoms with Gasteiger partial charge in [0, 0.05) is 19.3 Å². The lowest BCUT2D eigenvalue weighted by Crippen LogP contribution is -2.41. The highest BCUT2D eigenvalue weighted by Gasteiger charge is 2.19. The summed E-state index contributed by atoms with van der Waals surface area (Å²) in [7, 11) is 1.52. The lowest BCUT2D eigenvalue weighted by molar-refractivity contribution is -0.137. The van der Waals surface area contributed by atoms with Gasteiger partial charge in [0.05, 0.1) is 0 Å². The second-order valence-corrected chi connectivity index (χ2v) is 3.99. The molecule has 0 fully saturated rings. The molecule has 0 saturated heterocycles. The van der Waals surface area contributed by atoms with Crippen LogP contribution >= 0.6 is 0 Å². The summed E-state index contributed by atoms with van der Waals surface area (Å²) in [4.78, 5) is 24.6. The molecule has 0 saturated carbocycles. The number of hydrogen-bond donors (Lipinski definition) is 2. The number of nitrogens with zero attached hydrogens (tertiary/aromatic N) is 1. The number of anilines is 1. The average Bonchev–Trinajstić information content (AvgIpc) is 2.38. The minimum absolute atomic E-state index is 0.118. The Bertz CT molecular complexity index is 415. The van der Waals surface area contributed by atoms with Crippen LogP contribution in [0.5, 0.6) is 5.75 Å². The molecule has 0 aromatic heterocycles. The highest BCUT2D eigenvalue weighted by molar-refractivity contribution is 6.40. The zero-order valence-electron chi connectivity index (χ0n) is 10.6. The number of carbonyl (C=O) groups is 2. The van der Waals surface area contributed by atoms with Crippen LogP contribution < -0.4 is 10.2 Å². The number of phenolic OH excluding ortho intramolecular Hbond substituents is 1. The normalized spacial score (nSPS) is 9.89. The number of hydrogen-bond acceptors (Lipinski definition) is 3. The van der Waals surface area contributed by atoms with E-state index >= 15 is 0 Å². The third-order valence-electron chi connectivity index (χ3n) is 2.55. The number of likely N-dealkylation sites (N-methyl/N-ethyl adjacent to an activating group) is 1. The minimum atomic E-state index is -0.614. The van der Waals surface area contributed by atoms with Crippen molar-refractivity contribution in [2.45, 2.75) is 19.8 Å². The van der Waals surface area contributed by atoms with Gasteiger partial charge in [-0.2, -0.15) is 0 Å². The van der Waals surface area contributed by atoms with Crippen molar-refractivity contribution in [2.75, 3.05) is 18.5 Å². The first-order valence-electron chi connectivity index (χ1n) is 5.91. The summed E-state index contributed by atoms with van der Waals surface area (Å²) in [5.74, 6) is -1.11. The van der Waals surface area contributed by atoms with Gasteiger partial charge in [0.25, 0.3) is 0 Å². The number of unbranched alkanes of at least 4 members (excludes halogenated alkanes) is 1. The van der Waals surface area contributed by atoms with E-state index in [9.17, 15) is 9.59 Å². The third-order valence-corrected chi connectivity index (χ3v) is 2.55. The van der Waals surface area contributed by atoms with Gasteiger partial charge in [-0.3, -0.25) is 9.59 Å². The summed E-state index contributed by atoms with van der Waals surface area (Å²) in [5.41, 5.74) is 0.559. The van der Waals surface area contributed by atoms with Gasteiger partial charge in [-0.25, -0.2) is 0 Å². The number of benzene rings is 1. The Kier molecular flexibility index (Phi) is 5.17. The molecule has 0 heterocycles. The fourth-order valence-electron chi connectivity index (χ4n) is 1.40. The predicted octanol–water partition coefficient (Wildman–Crippen LogP) is 1.27. The van der Waals surface area contributed by atoms with Gasteiger partial charge in [-0.1, -0.05) is 13.3 Å². The molecule has 0 aliphatic rings. The Balaban J connectivity index is 2.60. The molecule has 0 bridgehead atoms. The van der Waals surface area contributed by atoms with Gasteiger partial charge in [0.2, 0.25) is 0 Å². The van der Waals surface area contributed by atoms with Gasteiger partial charge >= 0.3 is 11.8 Å². The van der Waals surface area contributed by atoms with Crippen molar-refractivity contribution in [3.05, 3.63) is 24.3 Å². The molecule has 1 aromatic rings. The van der Waals surface area contributed by atoms with Crippen LogP contribution in [-0.2, 0) is 9.59 Å². The van der Waals surface area contributed by atoms with Crippen molar-refractivity contribution < 1.29 is 14.7 Å². The smallest absolute Gasteiger partial charge is 0.316 e. The van der Waals surface area contributed by atoms with E-state index in [-0.39, 0.29) is 5.75 Å². The average molecular weight is 250 g/mol. The largest absolute Gasteiger partial charge is 0.508 e. The van der Waals surface area contributed by atoms with Crippen molar-refractivity contribution in [2.24, 2.45) is 0 Å². The summed E-state index contributed by atoms with van der Waals surface area (Å²) >= 11 is 0. The first-order chi connectivity index (χ1) is 8.56. The molecule has 0 aliphatic heterocycles. The van der Waals surface area contributed by atoms with Gasteiger partial charge in [-0.15, -0.1) is 0 Å². The van der Waals surface area contributed by atoms with E-state index < -0.39 is 11.8 Å². The third kappa shape index (κ3) is 3.76. The quantitative estimate of drug-likeness (QED) is 0.624. The first-order valence-corrected chi connectivity index (χ1v) is 5.91. The minimum Gasteiger partial charge on any atom is -0.508 e. The zero-order valence-corrected chi connectivity index (χ0v) is 10.6. The lowest BCUT2D eigenvalue weighted by atomic mass is 10.2. The standard InChI is InChI=1S/C13H18N2O3/c1-3-4-9-14-12(17)13(18)15(2)10-5-7-11(16)8-6-10/h5-8,16H,3-4,9H2,1-2H3,(H,14,17). The molecule has 0 spiro atoms. The van der Waals surface area contributed by atoms with Crippen LogP contribution in [0, 0.1) is 0 Å². The fourth-order valence-corrected chi connectivity index (χ4v) is 1.40. The molecular weight excluding hydrogens is 232 g/mol. The Labute approximate surface area is 106 Å². The van der Waals surface area contributed by atoms with Gasteiger partial charge < -0.3 is 15.3 Å². The number of amides is 2. The van der Waals surface area contributed by atoms with Crippen LogP contribution in [0.25, 0.3) is 0 Å². The van der Waals surface area contributed by atoms with E-state index in [2.05, 4.69) is 5.32 Å². The topological polar surface area (TPSA) is 69.6 Å². The van der Waals surface area contributed by atoms with Crippen molar-refractivity contribution in [1.82, 2.24) is 5.32 Å². The van der Waals surface area contributed by atoms with Gasteiger partial charge in [0.1, 0.15) is 5.75 Å². The molecular formula is C13H18N2O3. The van der Waals surface area contributed by atoms with Crippen molar-refractivity contribution in [3.63, 3.8) is 0 Å². The number of phenols is 1. The first kappa shape index (κ1) is 14.0. The van der Waals surface area contributed by atoms with E-state index in [1.165, 1.54) is 24.1 Å². The molecule has 2 N–H and O–H groups in total. The Morgan fingerprint density at radius 2 is 1.89 bits per heavy atom. The Morgan fingerprint density at radius 3 is 2.44 bits per heavy atom. The van der Waals surface area contributed by atoms with Crippen LogP contribution in [0.1, 0.15) is 19.8 Å². The van der Waals surface area contributed by atoms with Crippen LogP contribution in [0.2, 0.25) is 0 Å². The highest BCUT2D eigenvalue weighted by Crippen LogP contribution is 2.17. The SMILES string of the molecule is CCCCNC(=O)C(=O)N(C)c1ccc(O)cc1. The van der Waals surface area contributed by atoms with Crippen LogP contribution in [0.4, 0.5) is 5.69 Å². The van der Waals surface area contributed by atoms with Crippen LogP contribution in [-0.4, -0.2) is 30.5 Å². The molecule has 0 atom stereocenters. The molecule has 18 heavy (non-hydrogen) atoms. The molecule has 0 radical (unpaired) electrons. The molecule has 1 rings (SSSR count). The van der Waals surface area contributed by atoms with Gasteiger partial charge in [0.15, 0.2) is 0 Å². The van der Waals surface area contributed by atoms with E-state index in [0.717, 1.165) is 12.8 Å². The number of rotatable bonds is 4. The zero-order chi connectivity index (χ0) is 13.5. The summed E-state index contributed by atoms with van der Waals surface area (Å²) in [6, 6.07) is 6.08. The molecule has 5 nitrogen and oxygen atoms in total. The Hall–Kier alpha value is -2.04. The number of carbonyl (C=O) groups excluding carboxylic acids is 2. The van der Waals surface area contributed by atoms with E-state index in [0.29, 0.717) is 12.2 Å². The van der Waals surface area contributed by atoms with Crippen LogP contribution in [0.15, 0.2) is 24.3 Å². The maximum Gasteiger partial charge on any atom is 0.316 e. The molecule has 0 unspecified atom stereocenters. The van der Waals surface area contributed by atoms with Crippen LogP contribution in [0.3, 0.4) is 0 Å². The monoisotopic (exact) mass is 250 g/mol. The summed E-state index contributed by atoms with van der Waals surface area (Å²) in [5, 5.41) is 11.7. The molecule has 0 aliphatic carbocycles. The number of nitrogens with one attached hydrogen (secondary N) is 1. The summed E-state index contributed by atoms with van der Waals surface area (Å²) in [6.45, 7) is 2.51. The van der Waals surface area contributed by atoms with Crippen molar-refractivity contribution in [1.29, 1.82) is 0 Å². The summed E-state index contributed by atoms with van der Waals surface area (Å²) in [6.07, 6.45) is 1.81. The van der Waals surface area contributed by atoms with Gasteiger partial charge in [-0.05, 0) is 30.7 Å². The maximum atomic E-state index is 11.8. The Morgan fingerprint density at radius 1 is 1.28 bits per heavy atom. The molecule has 1 aromatic carbocycles. The fraction of sp³-hybridized carbons (Fsp3) is 0.385. The maximum absolute atomic E-state index is 11.8. The second-order valence-electron chi connectivity index (χ2n) is 3.99. The van der Waals surface area contributed by atoms with Crippen molar-refractivity contribution in [3.8, 4) is 5.75 Å². The molecule has 98 valence electrons. The second kappa shape index (κ2) is 6.64. The highest BCUT2D eigenvalue weighted by atomic mass is 16.3. The lowest BCUT2D eigenvalue weighted by Gasteiger charge is -2.16. The molecule has 2 amide bonds. The number of aromatic hydroxyl groups is 1. The van der Waals surface area contributed by atoms with E-state index in [4.69, 9.17) is 5.11 Å². The summed E-state index contributed by atoms with van der Waals surface area (Å²) < 4.78 is 0. The van der Waals surface area contributed by atoms with Crippen molar-refractivity contribution >= 4 is 17.5 Å². The van der Waals surface area contributed by atoms with E-state index in [1.807, 2.05) is 6.92 Å². The predicted molar refractivity (Wildman–Crippen MR) is 69.4 cm³/mol. The molecule has 5 heteroatoms.